The van der Waals surface area contributed by atoms with Crippen molar-refractivity contribution >= 4 is 15.8 Å². The standard InChI is InChI=1S/C12H16O4S/c1-9(2)16-12(13)8-17(14,15)11-6-4-10(3)5-7-11/h4-7,9H,8H2,1-3H3. The van der Waals surface area contributed by atoms with Crippen molar-refractivity contribution in [3.05, 3.63) is 29.8 Å². The Balaban J connectivity index is 2.82. The van der Waals surface area contributed by atoms with Crippen LogP contribution in [0.3, 0.4) is 0 Å². The van der Waals surface area contributed by atoms with Gasteiger partial charge in [-0.05, 0) is 32.9 Å². The molecule has 0 aromatic heterocycles. The Hall–Kier alpha value is -1.36. The van der Waals surface area contributed by atoms with Gasteiger partial charge in [-0.25, -0.2) is 8.42 Å². The van der Waals surface area contributed by atoms with E-state index >= 15 is 0 Å². The van der Waals surface area contributed by atoms with Gasteiger partial charge in [0.15, 0.2) is 15.6 Å². The number of rotatable bonds is 4. The van der Waals surface area contributed by atoms with Crippen LogP contribution in [-0.2, 0) is 19.4 Å². The maximum Gasteiger partial charge on any atom is 0.321 e. The molecule has 0 fully saturated rings. The Morgan fingerprint density at radius 2 is 1.76 bits per heavy atom. The van der Waals surface area contributed by atoms with E-state index in [1.165, 1.54) is 12.1 Å². The summed E-state index contributed by atoms with van der Waals surface area (Å²) in [7, 11) is -3.60. The zero-order valence-electron chi connectivity index (χ0n) is 10.1. The average Bonchev–Trinajstić information content (AvgIpc) is 2.15. The Bertz CT molecular complexity index is 486. The third-order valence-corrected chi connectivity index (χ3v) is 3.66. The van der Waals surface area contributed by atoms with Gasteiger partial charge in [0.25, 0.3) is 0 Å². The second kappa shape index (κ2) is 5.31. The lowest BCUT2D eigenvalue weighted by Crippen LogP contribution is -2.21. The van der Waals surface area contributed by atoms with Crippen LogP contribution in [-0.4, -0.2) is 26.2 Å². The fourth-order valence-corrected chi connectivity index (χ4v) is 2.38. The van der Waals surface area contributed by atoms with E-state index < -0.39 is 21.6 Å². The van der Waals surface area contributed by atoms with Gasteiger partial charge < -0.3 is 4.74 Å². The van der Waals surface area contributed by atoms with Gasteiger partial charge in [0.05, 0.1) is 11.0 Å². The normalized spacial score (nSPS) is 11.5. The average molecular weight is 256 g/mol. The van der Waals surface area contributed by atoms with Crippen molar-refractivity contribution in [2.45, 2.75) is 31.8 Å². The molecule has 1 aromatic rings. The van der Waals surface area contributed by atoms with E-state index in [9.17, 15) is 13.2 Å². The molecule has 0 heterocycles. The first-order valence-electron chi connectivity index (χ1n) is 5.30. The zero-order valence-corrected chi connectivity index (χ0v) is 11.0. The van der Waals surface area contributed by atoms with Crippen LogP contribution in [0.4, 0.5) is 0 Å². The predicted octanol–water partition coefficient (Wildman–Crippen LogP) is 1.72. The van der Waals surface area contributed by atoms with Crippen molar-refractivity contribution < 1.29 is 17.9 Å². The van der Waals surface area contributed by atoms with Crippen LogP contribution in [0.1, 0.15) is 19.4 Å². The van der Waals surface area contributed by atoms with Crippen LogP contribution >= 0.6 is 0 Å². The predicted molar refractivity (Wildman–Crippen MR) is 64.5 cm³/mol. The summed E-state index contributed by atoms with van der Waals surface area (Å²) in [6, 6.07) is 6.38. The fourth-order valence-electron chi connectivity index (χ4n) is 1.28. The third kappa shape index (κ3) is 4.19. The monoisotopic (exact) mass is 256 g/mol. The van der Waals surface area contributed by atoms with Gasteiger partial charge in [0.1, 0.15) is 0 Å². The number of hydrogen-bond acceptors (Lipinski definition) is 4. The highest BCUT2D eigenvalue weighted by atomic mass is 32.2. The maximum atomic E-state index is 11.8. The first kappa shape index (κ1) is 13.7. The lowest BCUT2D eigenvalue weighted by atomic mass is 10.2. The quantitative estimate of drug-likeness (QED) is 0.770. The molecule has 0 saturated heterocycles. The minimum atomic E-state index is -3.60. The van der Waals surface area contributed by atoms with E-state index in [1.807, 2.05) is 6.92 Å². The molecule has 0 aliphatic rings. The number of ether oxygens (including phenoxy) is 1. The molecular weight excluding hydrogens is 240 g/mol. The summed E-state index contributed by atoms with van der Waals surface area (Å²) >= 11 is 0. The Kier molecular flexibility index (Phi) is 4.28. The van der Waals surface area contributed by atoms with Crippen molar-refractivity contribution in [1.82, 2.24) is 0 Å². The SMILES string of the molecule is Cc1ccc(S(=O)(=O)CC(=O)OC(C)C)cc1. The van der Waals surface area contributed by atoms with Crippen molar-refractivity contribution in [2.75, 3.05) is 5.75 Å². The van der Waals surface area contributed by atoms with Crippen LogP contribution in [0.2, 0.25) is 0 Å². The minimum Gasteiger partial charge on any atom is -0.462 e. The molecule has 0 radical (unpaired) electrons. The summed E-state index contributed by atoms with van der Waals surface area (Å²) in [5.41, 5.74) is 0.966. The van der Waals surface area contributed by atoms with Crippen molar-refractivity contribution in [2.24, 2.45) is 0 Å². The number of esters is 1. The van der Waals surface area contributed by atoms with Crippen molar-refractivity contribution in [1.29, 1.82) is 0 Å². The number of sulfone groups is 1. The molecule has 0 aliphatic heterocycles. The van der Waals surface area contributed by atoms with Gasteiger partial charge in [0.2, 0.25) is 0 Å². The molecule has 0 amide bonds. The molecule has 0 aliphatic carbocycles. The molecule has 0 atom stereocenters. The number of carbonyl (C=O) groups is 1. The molecule has 5 heteroatoms. The van der Waals surface area contributed by atoms with E-state index in [-0.39, 0.29) is 11.0 Å². The lowest BCUT2D eigenvalue weighted by molar-refractivity contribution is -0.144. The molecule has 0 unspecified atom stereocenters. The summed E-state index contributed by atoms with van der Waals surface area (Å²) in [5, 5.41) is 0. The number of hydrogen-bond donors (Lipinski definition) is 0. The summed E-state index contributed by atoms with van der Waals surface area (Å²) in [5.74, 6) is -1.34. The van der Waals surface area contributed by atoms with Gasteiger partial charge in [-0.15, -0.1) is 0 Å². The highest BCUT2D eigenvalue weighted by Crippen LogP contribution is 2.12. The molecule has 4 nitrogen and oxygen atoms in total. The minimum absolute atomic E-state index is 0.142. The second-order valence-corrected chi connectivity index (χ2v) is 6.10. The van der Waals surface area contributed by atoms with E-state index in [2.05, 4.69) is 0 Å². The number of carbonyl (C=O) groups excluding carboxylic acids is 1. The Morgan fingerprint density at radius 1 is 1.24 bits per heavy atom. The highest BCUT2D eigenvalue weighted by molar-refractivity contribution is 7.92. The summed E-state index contributed by atoms with van der Waals surface area (Å²) < 4.78 is 28.5. The van der Waals surface area contributed by atoms with E-state index in [0.29, 0.717) is 0 Å². The van der Waals surface area contributed by atoms with E-state index in [1.54, 1.807) is 26.0 Å². The maximum absolute atomic E-state index is 11.8. The summed E-state index contributed by atoms with van der Waals surface area (Å²) in [6.07, 6.45) is -0.310. The number of benzene rings is 1. The molecule has 0 saturated carbocycles. The van der Waals surface area contributed by atoms with Gasteiger partial charge in [0, 0.05) is 0 Å². The molecule has 1 aromatic carbocycles. The molecule has 0 spiro atoms. The van der Waals surface area contributed by atoms with Crippen LogP contribution in [0, 0.1) is 6.92 Å². The third-order valence-electron chi connectivity index (χ3n) is 2.06. The molecular formula is C12H16O4S. The highest BCUT2D eigenvalue weighted by Gasteiger charge is 2.20. The molecule has 17 heavy (non-hydrogen) atoms. The Labute approximate surface area is 102 Å². The van der Waals surface area contributed by atoms with Crippen molar-refractivity contribution in [3.63, 3.8) is 0 Å². The van der Waals surface area contributed by atoms with Crippen LogP contribution < -0.4 is 0 Å². The summed E-state index contributed by atoms with van der Waals surface area (Å²) in [4.78, 5) is 11.5. The smallest absolute Gasteiger partial charge is 0.321 e. The first-order valence-corrected chi connectivity index (χ1v) is 6.95. The van der Waals surface area contributed by atoms with Crippen LogP contribution in [0.15, 0.2) is 29.2 Å². The second-order valence-electron chi connectivity index (χ2n) is 4.11. The largest absolute Gasteiger partial charge is 0.462 e. The number of aryl methyl sites for hydroxylation is 1. The van der Waals surface area contributed by atoms with Crippen LogP contribution in [0.5, 0.6) is 0 Å². The zero-order chi connectivity index (χ0) is 13.1. The van der Waals surface area contributed by atoms with E-state index in [0.717, 1.165) is 5.56 Å². The first-order chi connectivity index (χ1) is 7.81. The van der Waals surface area contributed by atoms with Gasteiger partial charge in [-0.3, -0.25) is 4.79 Å². The summed E-state index contributed by atoms with van der Waals surface area (Å²) in [6.45, 7) is 5.22. The van der Waals surface area contributed by atoms with Gasteiger partial charge in [-0.2, -0.15) is 0 Å². The molecule has 0 bridgehead atoms. The molecule has 0 N–H and O–H groups in total. The topological polar surface area (TPSA) is 60.4 Å². The van der Waals surface area contributed by atoms with Crippen LogP contribution in [0.25, 0.3) is 0 Å². The molecule has 94 valence electrons. The fraction of sp³-hybridized carbons (Fsp3) is 0.417. The van der Waals surface area contributed by atoms with Gasteiger partial charge >= 0.3 is 5.97 Å². The van der Waals surface area contributed by atoms with E-state index in [4.69, 9.17) is 4.74 Å². The van der Waals surface area contributed by atoms with Gasteiger partial charge in [-0.1, -0.05) is 17.7 Å². The Morgan fingerprint density at radius 3 is 2.24 bits per heavy atom. The van der Waals surface area contributed by atoms with Crippen molar-refractivity contribution in [3.8, 4) is 0 Å². The molecule has 1 rings (SSSR count). The lowest BCUT2D eigenvalue weighted by Gasteiger charge is -2.08.